The van der Waals surface area contributed by atoms with Crippen molar-refractivity contribution in [3.63, 3.8) is 0 Å². The first-order valence-corrected chi connectivity index (χ1v) is 13.3. The van der Waals surface area contributed by atoms with Crippen LogP contribution < -0.4 is 15.6 Å². The van der Waals surface area contributed by atoms with Gasteiger partial charge in [0.15, 0.2) is 5.82 Å². The molecule has 0 aromatic carbocycles. The molecule has 1 amide bonds. The number of aryl methyl sites for hydroxylation is 2. The second-order valence-corrected chi connectivity index (χ2v) is 11.1. The smallest absolute Gasteiger partial charge is 0.277 e. The van der Waals surface area contributed by atoms with E-state index >= 15 is 0 Å². The third kappa shape index (κ3) is 4.35. The lowest BCUT2D eigenvalue weighted by molar-refractivity contribution is -0.177. The maximum atomic E-state index is 14.0. The molecule has 0 atom stereocenters. The monoisotopic (exact) mass is 578 g/mol. The van der Waals surface area contributed by atoms with Crippen LogP contribution in [0.2, 0.25) is 5.02 Å². The lowest BCUT2D eigenvalue weighted by Gasteiger charge is -2.68. The summed E-state index contributed by atoms with van der Waals surface area (Å²) in [5.41, 5.74) is 1.78. The van der Waals surface area contributed by atoms with Gasteiger partial charge in [-0.3, -0.25) is 24.1 Å². The highest BCUT2D eigenvalue weighted by Crippen LogP contribution is 2.73. The van der Waals surface area contributed by atoms with E-state index in [0.717, 1.165) is 31.0 Å². The summed E-state index contributed by atoms with van der Waals surface area (Å²) in [6.45, 7) is 3.20. The molecule has 4 aromatic rings. The zero-order valence-corrected chi connectivity index (χ0v) is 23.2. The molecule has 4 aromatic heterocycles. The van der Waals surface area contributed by atoms with E-state index < -0.39 is 17.2 Å². The molecule has 0 spiro atoms. The van der Waals surface area contributed by atoms with Crippen molar-refractivity contribution in [2.24, 2.45) is 5.41 Å². The van der Waals surface area contributed by atoms with E-state index in [2.05, 4.69) is 20.3 Å². The highest BCUT2D eigenvalue weighted by atomic mass is 35.5. The van der Waals surface area contributed by atoms with Gasteiger partial charge in [0, 0.05) is 42.7 Å². The maximum absolute atomic E-state index is 14.0. The minimum absolute atomic E-state index is 0.0522. The average Bonchev–Trinajstić information content (AvgIpc) is 2.90. The number of rotatable bonds is 7. The summed E-state index contributed by atoms with van der Waals surface area (Å²) in [6, 6.07) is 5.79. The fraction of sp³-hybridized carbons (Fsp3) is 0.310. The molecule has 1 N–H and O–H groups in total. The summed E-state index contributed by atoms with van der Waals surface area (Å²) in [4.78, 5) is 43.2. The fourth-order valence-corrected chi connectivity index (χ4v) is 6.16. The summed E-state index contributed by atoms with van der Waals surface area (Å²) < 4.78 is 34.2. The van der Waals surface area contributed by atoms with Crippen molar-refractivity contribution in [3.05, 3.63) is 92.6 Å². The summed E-state index contributed by atoms with van der Waals surface area (Å²) in [6.07, 6.45) is 6.39. The van der Waals surface area contributed by atoms with Crippen LogP contribution in [-0.4, -0.2) is 37.5 Å². The highest BCUT2D eigenvalue weighted by Gasteiger charge is 2.73. The third-order valence-electron chi connectivity index (χ3n) is 8.00. The number of aromatic nitrogens is 5. The molecule has 12 heteroatoms. The van der Waals surface area contributed by atoms with Crippen molar-refractivity contribution < 1.29 is 18.3 Å². The molecule has 2 bridgehead atoms. The van der Waals surface area contributed by atoms with Gasteiger partial charge in [0.2, 0.25) is 5.91 Å². The molecule has 4 heterocycles. The Balaban J connectivity index is 1.29. The van der Waals surface area contributed by atoms with Gasteiger partial charge in [0.25, 0.3) is 5.56 Å². The Morgan fingerprint density at radius 3 is 2.56 bits per heavy atom. The number of amides is 1. The minimum Gasteiger partial charge on any atom is -0.485 e. The molecule has 3 fully saturated rings. The summed E-state index contributed by atoms with van der Waals surface area (Å²) >= 11 is 6.41. The molecular weight excluding hydrogens is 554 g/mol. The van der Waals surface area contributed by atoms with Crippen LogP contribution in [0.25, 0.3) is 17.1 Å². The van der Waals surface area contributed by atoms with Gasteiger partial charge < -0.3 is 10.1 Å². The van der Waals surface area contributed by atoms with Crippen LogP contribution in [0.4, 0.5) is 8.78 Å². The number of carbonyl (C=O) groups excluding carboxylic acids is 1. The first kappa shape index (κ1) is 26.9. The third-order valence-corrected chi connectivity index (χ3v) is 8.34. The summed E-state index contributed by atoms with van der Waals surface area (Å²) in [7, 11) is 1.65. The van der Waals surface area contributed by atoms with Crippen LogP contribution in [0.5, 0.6) is 5.75 Å². The number of nitrogens with one attached hydrogen (secondary N) is 1. The zero-order valence-electron chi connectivity index (χ0n) is 22.5. The average molecular weight is 579 g/mol. The van der Waals surface area contributed by atoms with Crippen molar-refractivity contribution in [2.75, 3.05) is 7.05 Å². The van der Waals surface area contributed by atoms with Crippen LogP contribution in [0.1, 0.15) is 42.0 Å². The van der Waals surface area contributed by atoms with Gasteiger partial charge >= 0.3 is 0 Å². The Morgan fingerprint density at radius 1 is 1.10 bits per heavy atom. The molecular formula is C29H25ClF2N6O3. The normalized spacial score (nSPS) is 20.6. The van der Waals surface area contributed by atoms with Crippen LogP contribution in [0.3, 0.4) is 0 Å². The van der Waals surface area contributed by atoms with Crippen molar-refractivity contribution in [3.8, 4) is 22.8 Å². The second-order valence-electron chi connectivity index (χ2n) is 10.8. The molecule has 210 valence electrons. The number of hydrogen-bond donors (Lipinski definition) is 1. The molecule has 3 aliphatic carbocycles. The number of hydrogen-bond acceptors (Lipinski definition) is 7. The number of pyridine rings is 3. The molecule has 3 aliphatic rings. The summed E-state index contributed by atoms with van der Waals surface area (Å²) in [5.74, 6) is -0.859. The fourth-order valence-electron chi connectivity index (χ4n) is 5.96. The van der Waals surface area contributed by atoms with Crippen LogP contribution >= 0.6 is 11.6 Å². The molecule has 7 rings (SSSR count). The van der Waals surface area contributed by atoms with Gasteiger partial charge in [-0.05, 0) is 50.8 Å². The van der Waals surface area contributed by atoms with Gasteiger partial charge in [-0.25, -0.2) is 18.7 Å². The number of nitrogens with zero attached hydrogens (tertiary/aromatic N) is 5. The van der Waals surface area contributed by atoms with Crippen LogP contribution in [-0.2, 0) is 16.8 Å². The van der Waals surface area contributed by atoms with E-state index in [1.807, 2.05) is 6.92 Å². The largest absolute Gasteiger partial charge is 0.485 e. The van der Waals surface area contributed by atoms with E-state index in [1.54, 1.807) is 44.6 Å². The molecule has 0 unspecified atom stereocenters. The van der Waals surface area contributed by atoms with Crippen LogP contribution in [0, 0.1) is 30.9 Å². The van der Waals surface area contributed by atoms with Crippen molar-refractivity contribution in [2.45, 2.75) is 45.1 Å². The molecule has 0 radical (unpaired) electrons. The lowest BCUT2D eigenvalue weighted by Crippen LogP contribution is -2.70. The molecule has 0 saturated heterocycles. The van der Waals surface area contributed by atoms with Crippen molar-refractivity contribution in [1.29, 1.82) is 0 Å². The lowest BCUT2D eigenvalue weighted by atomic mass is 9.34. The standard InChI is InChI=1S/C29H25ClF2N6O3/c1-15-9-35-20(19-4-5-34-26(37-19)28-12-29(13-28,14-28)27(40)33-3)8-22(15)38-16(2)6-23(24(30)25(38)39)41-11-21-18(32)7-17(31)10-36-21/h4-10H,11-14H2,1-3H3,(H,33,40). The predicted molar refractivity (Wildman–Crippen MR) is 146 cm³/mol. The first-order chi connectivity index (χ1) is 19.6. The van der Waals surface area contributed by atoms with E-state index in [9.17, 15) is 18.4 Å². The maximum Gasteiger partial charge on any atom is 0.277 e. The highest BCUT2D eigenvalue weighted by molar-refractivity contribution is 6.31. The quantitative estimate of drug-likeness (QED) is 0.346. The van der Waals surface area contributed by atoms with E-state index in [4.69, 9.17) is 21.3 Å². The Bertz CT molecular complexity index is 1770. The van der Waals surface area contributed by atoms with Gasteiger partial charge in [0.05, 0.1) is 28.7 Å². The summed E-state index contributed by atoms with van der Waals surface area (Å²) in [5, 5.41) is 2.55. The van der Waals surface area contributed by atoms with Gasteiger partial charge in [-0.1, -0.05) is 11.6 Å². The topological polar surface area (TPSA) is 112 Å². The first-order valence-electron chi connectivity index (χ1n) is 12.9. The van der Waals surface area contributed by atoms with Gasteiger partial charge in [-0.2, -0.15) is 0 Å². The van der Waals surface area contributed by atoms with Crippen LogP contribution in [0.15, 0.2) is 47.7 Å². The second kappa shape index (κ2) is 9.69. The molecule has 9 nitrogen and oxygen atoms in total. The molecule has 0 aliphatic heterocycles. The molecule has 41 heavy (non-hydrogen) atoms. The Morgan fingerprint density at radius 2 is 1.85 bits per heavy atom. The Hall–Kier alpha value is -4.25. The number of ether oxygens (including phenoxy) is 1. The van der Waals surface area contributed by atoms with E-state index in [0.29, 0.717) is 34.7 Å². The Kier molecular flexibility index (Phi) is 6.37. The molecule has 3 saturated carbocycles. The van der Waals surface area contributed by atoms with Crippen molar-refractivity contribution >= 4 is 17.5 Å². The number of carbonyl (C=O) groups is 1. The van der Waals surface area contributed by atoms with E-state index in [1.165, 1.54) is 4.57 Å². The van der Waals surface area contributed by atoms with Gasteiger partial charge in [-0.15, -0.1) is 0 Å². The Labute approximate surface area is 238 Å². The zero-order chi connectivity index (χ0) is 29.1. The van der Waals surface area contributed by atoms with Gasteiger partial charge in [0.1, 0.15) is 34.7 Å². The van der Waals surface area contributed by atoms with Crippen molar-refractivity contribution in [1.82, 2.24) is 29.8 Å². The van der Waals surface area contributed by atoms with E-state index in [-0.39, 0.29) is 39.8 Å². The SMILES string of the molecule is CNC(=O)C12CC(c3nccc(-c4cc(-n5c(C)cc(OCc6ncc(F)cc6F)c(Cl)c5=O)c(C)cn4)n3)(C1)C2. The minimum atomic E-state index is -0.862. The predicted octanol–water partition coefficient (Wildman–Crippen LogP) is 4.38. The number of halogens is 3.